The van der Waals surface area contributed by atoms with E-state index in [1.807, 2.05) is 6.07 Å². The van der Waals surface area contributed by atoms with Crippen molar-refractivity contribution in [3.8, 4) is 0 Å². The van der Waals surface area contributed by atoms with Gasteiger partial charge in [-0.15, -0.1) is 0 Å². The van der Waals surface area contributed by atoms with Crippen molar-refractivity contribution >= 4 is 0 Å². The fourth-order valence-corrected chi connectivity index (χ4v) is 3.01. The molecule has 0 saturated heterocycles. The van der Waals surface area contributed by atoms with Crippen LogP contribution in [0.1, 0.15) is 17.2 Å². The number of halogens is 3. The first kappa shape index (κ1) is 15.8. The zero-order chi connectivity index (χ0) is 16.5. The molecule has 0 bridgehead atoms. The molecule has 1 unspecified atom stereocenters. The van der Waals surface area contributed by atoms with Gasteiger partial charge in [-0.1, -0.05) is 60.7 Å². The van der Waals surface area contributed by atoms with Crippen molar-refractivity contribution in [2.24, 2.45) is 0 Å². The Balaban J connectivity index is 1.98. The molecule has 23 heavy (non-hydrogen) atoms. The van der Waals surface area contributed by atoms with Gasteiger partial charge < -0.3 is 9.85 Å². The molecular weight excluding hydrogens is 303 g/mol. The van der Waals surface area contributed by atoms with Gasteiger partial charge in [0.05, 0.1) is 5.57 Å². The van der Waals surface area contributed by atoms with Crippen LogP contribution in [0.4, 0.5) is 13.2 Å². The van der Waals surface area contributed by atoms with E-state index in [0.717, 1.165) is 11.6 Å². The number of benzene rings is 2. The van der Waals surface area contributed by atoms with Crippen molar-refractivity contribution in [3.05, 3.63) is 88.6 Å². The number of nitrogens with zero attached hydrogens (tertiary/aromatic N) is 1. The molecule has 1 aliphatic heterocycles. The van der Waals surface area contributed by atoms with E-state index < -0.39 is 29.0 Å². The summed E-state index contributed by atoms with van der Waals surface area (Å²) >= 11 is 0. The normalized spacial score (nSPS) is 24.5. The second-order valence-corrected chi connectivity index (χ2v) is 5.80. The van der Waals surface area contributed by atoms with Crippen molar-refractivity contribution < 1.29 is 17.8 Å². The van der Waals surface area contributed by atoms with E-state index in [4.69, 9.17) is 0 Å². The topological polar surface area (TPSA) is 23.1 Å². The van der Waals surface area contributed by atoms with Gasteiger partial charge in [0.1, 0.15) is 19.1 Å². The van der Waals surface area contributed by atoms with E-state index >= 15 is 0 Å². The molecule has 0 saturated carbocycles. The number of hydrogen-bond donors (Lipinski definition) is 0. The fraction of sp³-hybridized carbons (Fsp3) is 0.222. The molecule has 0 radical (unpaired) electrons. The maximum Gasteiger partial charge on any atom is 0.417 e. The van der Waals surface area contributed by atoms with E-state index in [1.165, 1.54) is 0 Å². The average Bonchev–Trinajstić information content (AvgIpc) is 2.87. The number of quaternary nitrogens is 1. The smallest absolute Gasteiger partial charge is 0.417 e. The highest BCUT2D eigenvalue weighted by Crippen LogP contribution is 2.43. The van der Waals surface area contributed by atoms with Gasteiger partial charge in [-0.05, 0) is 6.08 Å². The second-order valence-electron chi connectivity index (χ2n) is 5.80. The molecule has 2 atom stereocenters. The molecule has 2 aromatic rings. The number of hydrogen-bond acceptors (Lipinski definition) is 1. The van der Waals surface area contributed by atoms with Crippen LogP contribution in [0.15, 0.2) is 72.3 Å². The maximum atomic E-state index is 13.2. The molecule has 0 fully saturated rings. The summed E-state index contributed by atoms with van der Waals surface area (Å²) in [7, 11) is 0. The highest BCUT2D eigenvalue weighted by molar-refractivity contribution is 5.28. The minimum Gasteiger partial charge on any atom is -0.632 e. The Kier molecular flexibility index (Phi) is 4.00. The molecule has 0 aliphatic carbocycles. The van der Waals surface area contributed by atoms with Crippen LogP contribution in [-0.4, -0.2) is 17.4 Å². The zero-order valence-electron chi connectivity index (χ0n) is 12.3. The predicted octanol–water partition coefficient (Wildman–Crippen LogP) is 4.74. The van der Waals surface area contributed by atoms with E-state index in [0.29, 0.717) is 5.56 Å². The van der Waals surface area contributed by atoms with Crippen molar-refractivity contribution in [1.29, 1.82) is 0 Å². The second kappa shape index (κ2) is 5.83. The lowest BCUT2D eigenvalue weighted by Gasteiger charge is -2.44. The van der Waals surface area contributed by atoms with E-state index in [9.17, 15) is 18.4 Å². The number of alkyl halides is 3. The van der Waals surface area contributed by atoms with Gasteiger partial charge in [-0.25, -0.2) is 0 Å². The summed E-state index contributed by atoms with van der Waals surface area (Å²) in [6.07, 6.45) is -3.38. The van der Waals surface area contributed by atoms with Crippen LogP contribution in [0.2, 0.25) is 0 Å². The first-order chi connectivity index (χ1) is 10.9. The van der Waals surface area contributed by atoms with Gasteiger partial charge >= 0.3 is 6.18 Å². The monoisotopic (exact) mass is 319 g/mol. The molecule has 1 heterocycles. The fourth-order valence-electron chi connectivity index (χ4n) is 3.01. The van der Waals surface area contributed by atoms with Gasteiger partial charge in [0.25, 0.3) is 0 Å². The van der Waals surface area contributed by atoms with Gasteiger partial charge in [0.15, 0.2) is 0 Å². The van der Waals surface area contributed by atoms with Crippen LogP contribution >= 0.6 is 0 Å². The Labute approximate surface area is 132 Å². The van der Waals surface area contributed by atoms with Gasteiger partial charge in [-0.3, -0.25) is 0 Å². The van der Waals surface area contributed by atoms with Crippen LogP contribution in [0, 0.1) is 5.21 Å². The Bertz CT molecular complexity index is 697. The van der Waals surface area contributed by atoms with Crippen molar-refractivity contribution in [3.63, 3.8) is 0 Å². The van der Waals surface area contributed by atoms with E-state index in [2.05, 4.69) is 0 Å². The van der Waals surface area contributed by atoms with Crippen molar-refractivity contribution in [1.82, 2.24) is 0 Å². The molecule has 5 heteroatoms. The molecule has 1 aliphatic rings. The minimum atomic E-state index is -4.46. The third-order valence-corrected chi connectivity index (χ3v) is 4.10. The SMILES string of the molecule is [O-][N+]1(Cc2ccccc2)CC(C(F)(F)F)=C[C@@H]1c1ccccc1. The summed E-state index contributed by atoms with van der Waals surface area (Å²) < 4.78 is 38.4. The molecule has 3 rings (SSSR count). The van der Waals surface area contributed by atoms with Gasteiger partial charge in [-0.2, -0.15) is 13.2 Å². The van der Waals surface area contributed by atoms with Crippen LogP contribution in [0.5, 0.6) is 0 Å². The molecule has 0 spiro atoms. The lowest BCUT2D eigenvalue weighted by Crippen LogP contribution is -2.42. The molecule has 0 N–H and O–H groups in total. The van der Waals surface area contributed by atoms with Crippen LogP contribution in [0.25, 0.3) is 0 Å². The van der Waals surface area contributed by atoms with Gasteiger partial charge in [0.2, 0.25) is 0 Å². The average molecular weight is 319 g/mol. The summed E-state index contributed by atoms with van der Waals surface area (Å²) in [6.45, 7) is -0.547. The highest BCUT2D eigenvalue weighted by atomic mass is 19.4. The van der Waals surface area contributed by atoms with Crippen molar-refractivity contribution in [2.45, 2.75) is 18.8 Å². The van der Waals surface area contributed by atoms with E-state index in [-0.39, 0.29) is 6.54 Å². The first-order valence-electron chi connectivity index (χ1n) is 7.33. The van der Waals surface area contributed by atoms with E-state index in [1.54, 1.807) is 54.6 Å². The summed E-state index contributed by atoms with van der Waals surface area (Å²) in [5, 5.41) is 13.2. The third-order valence-electron chi connectivity index (χ3n) is 4.10. The summed E-state index contributed by atoms with van der Waals surface area (Å²) in [6, 6.07) is 16.8. The third kappa shape index (κ3) is 3.30. The largest absolute Gasteiger partial charge is 0.632 e. The van der Waals surface area contributed by atoms with Crippen LogP contribution in [0.3, 0.4) is 0 Å². The highest BCUT2D eigenvalue weighted by Gasteiger charge is 2.46. The zero-order valence-corrected chi connectivity index (χ0v) is 12.3. The molecule has 0 aromatic heterocycles. The molecular formula is C18H16F3NO. The van der Waals surface area contributed by atoms with Crippen molar-refractivity contribution in [2.75, 3.05) is 6.54 Å². The predicted molar refractivity (Wildman–Crippen MR) is 82.0 cm³/mol. The standard InChI is InChI=1S/C18H16F3NO/c19-18(20,21)16-11-17(15-9-5-2-6-10-15)22(23,13-16)12-14-7-3-1-4-8-14/h1-11,17H,12-13H2/t17-,22?/m1/s1. The molecule has 2 nitrogen and oxygen atoms in total. The number of hydroxylamine groups is 3. The number of rotatable bonds is 3. The van der Waals surface area contributed by atoms with Gasteiger partial charge in [0, 0.05) is 11.1 Å². The lowest BCUT2D eigenvalue weighted by atomic mass is 10.1. The Hall–Kier alpha value is -2.11. The van der Waals surface area contributed by atoms with Crippen LogP contribution < -0.4 is 0 Å². The Morgan fingerprint density at radius 1 is 0.957 bits per heavy atom. The lowest BCUT2D eigenvalue weighted by molar-refractivity contribution is -0.908. The Morgan fingerprint density at radius 2 is 1.52 bits per heavy atom. The molecule has 120 valence electrons. The summed E-state index contributed by atoms with van der Waals surface area (Å²) in [5.41, 5.74) is 0.607. The molecule has 0 amide bonds. The first-order valence-corrected chi connectivity index (χ1v) is 7.33. The van der Waals surface area contributed by atoms with Crippen LogP contribution in [-0.2, 0) is 6.54 Å². The summed E-state index contributed by atoms with van der Waals surface area (Å²) in [4.78, 5) is 0. The quantitative estimate of drug-likeness (QED) is 0.455. The summed E-state index contributed by atoms with van der Waals surface area (Å²) in [5.74, 6) is 0. The maximum absolute atomic E-state index is 13.2. The molecule has 2 aromatic carbocycles. The minimum absolute atomic E-state index is 0.0104. The Morgan fingerprint density at radius 3 is 2.09 bits per heavy atom.